The van der Waals surface area contributed by atoms with Crippen molar-refractivity contribution in [2.24, 2.45) is 0 Å². The van der Waals surface area contributed by atoms with Crippen LogP contribution in [-0.4, -0.2) is 5.11 Å². The number of hydrogen-bond donors (Lipinski definition) is 1. The lowest BCUT2D eigenvalue weighted by molar-refractivity contribution is 0.281. The van der Waals surface area contributed by atoms with Crippen molar-refractivity contribution in [3.8, 4) is 0 Å². The second-order valence-corrected chi connectivity index (χ2v) is 3.18. The monoisotopic (exact) mass is 250 g/mol. The van der Waals surface area contributed by atoms with Gasteiger partial charge in [-0.05, 0) is 30.2 Å². The van der Waals surface area contributed by atoms with Crippen LogP contribution in [0.1, 0.15) is 38.8 Å². The fraction of sp³-hybridized carbons (Fsp3) is 0.500. The predicted octanol–water partition coefficient (Wildman–Crippen LogP) is 4.85. The van der Waals surface area contributed by atoms with Gasteiger partial charge in [-0.1, -0.05) is 50.9 Å². The standard InChI is InChI=1S/C8H8Cl2O.2C2H6/c1-5-2-6(9)3-8(10)7(5)4-11;2*1-2/h2-3,11H,4H2,1H3;2*1-2H3. The molecule has 0 aromatic heterocycles. The molecule has 0 atom stereocenters. The minimum atomic E-state index is -0.0398. The highest BCUT2D eigenvalue weighted by Gasteiger charge is 2.03. The van der Waals surface area contributed by atoms with Crippen molar-refractivity contribution in [2.45, 2.75) is 41.2 Å². The lowest BCUT2D eigenvalue weighted by atomic mass is 10.1. The van der Waals surface area contributed by atoms with Crippen molar-refractivity contribution in [1.82, 2.24) is 0 Å². The number of benzene rings is 1. The van der Waals surface area contributed by atoms with Crippen molar-refractivity contribution in [3.63, 3.8) is 0 Å². The lowest BCUT2D eigenvalue weighted by Crippen LogP contribution is -1.89. The summed E-state index contributed by atoms with van der Waals surface area (Å²) in [7, 11) is 0. The average molecular weight is 251 g/mol. The molecule has 0 fully saturated rings. The smallest absolute Gasteiger partial charge is 0.0699 e. The molecule has 1 N–H and O–H groups in total. The third-order valence-electron chi connectivity index (χ3n) is 1.54. The van der Waals surface area contributed by atoms with Gasteiger partial charge >= 0.3 is 0 Å². The Labute approximate surface area is 103 Å². The normalized spacial score (nSPS) is 8.27. The highest BCUT2D eigenvalue weighted by molar-refractivity contribution is 6.35. The molecule has 1 rings (SSSR count). The van der Waals surface area contributed by atoms with Crippen LogP contribution in [0.3, 0.4) is 0 Å². The van der Waals surface area contributed by atoms with E-state index < -0.39 is 0 Å². The summed E-state index contributed by atoms with van der Waals surface area (Å²) in [6, 6.07) is 3.40. The zero-order valence-electron chi connectivity index (χ0n) is 10.1. The van der Waals surface area contributed by atoms with E-state index >= 15 is 0 Å². The van der Waals surface area contributed by atoms with Crippen LogP contribution >= 0.6 is 23.2 Å². The number of aliphatic hydroxyl groups is 1. The molecule has 0 amide bonds. The van der Waals surface area contributed by atoms with E-state index in [9.17, 15) is 0 Å². The molecule has 0 aliphatic heterocycles. The number of aryl methyl sites for hydroxylation is 1. The van der Waals surface area contributed by atoms with Crippen LogP contribution in [0.25, 0.3) is 0 Å². The summed E-state index contributed by atoms with van der Waals surface area (Å²) in [6.45, 7) is 9.82. The summed E-state index contributed by atoms with van der Waals surface area (Å²) in [5.74, 6) is 0. The number of aliphatic hydroxyl groups excluding tert-OH is 1. The van der Waals surface area contributed by atoms with Gasteiger partial charge in [0.05, 0.1) is 6.61 Å². The van der Waals surface area contributed by atoms with E-state index in [1.54, 1.807) is 12.1 Å². The van der Waals surface area contributed by atoms with E-state index in [2.05, 4.69) is 0 Å². The Balaban J connectivity index is 0. The second-order valence-electron chi connectivity index (χ2n) is 2.34. The molecule has 0 aliphatic carbocycles. The summed E-state index contributed by atoms with van der Waals surface area (Å²) in [4.78, 5) is 0. The van der Waals surface area contributed by atoms with E-state index in [0.717, 1.165) is 11.1 Å². The van der Waals surface area contributed by atoms with Gasteiger partial charge in [0.15, 0.2) is 0 Å². The van der Waals surface area contributed by atoms with Gasteiger partial charge in [0.2, 0.25) is 0 Å². The Morgan fingerprint density at radius 1 is 1.07 bits per heavy atom. The fourth-order valence-corrected chi connectivity index (χ4v) is 1.59. The van der Waals surface area contributed by atoms with Gasteiger partial charge in [-0.2, -0.15) is 0 Å². The van der Waals surface area contributed by atoms with Crippen LogP contribution in [0.4, 0.5) is 0 Å². The molecule has 0 saturated heterocycles. The van der Waals surface area contributed by atoms with Crippen molar-refractivity contribution in [1.29, 1.82) is 0 Å². The third kappa shape index (κ3) is 6.03. The molecule has 1 aromatic carbocycles. The van der Waals surface area contributed by atoms with E-state index in [-0.39, 0.29) is 6.61 Å². The third-order valence-corrected chi connectivity index (χ3v) is 2.10. The molecule has 1 aromatic rings. The van der Waals surface area contributed by atoms with Gasteiger partial charge in [0.1, 0.15) is 0 Å². The van der Waals surface area contributed by atoms with E-state index in [1.807, 2.05) is 34.6 Å². The maximum absolute atomic E-state index is 8.86. The minimum Gasteiger partial charge on any atom is -0.392 e. The van der Waals surface area contributed by atoms with Gasteiger partial charge < -0.3 is 5.11 Å². The van der Waals surface area contributed by atoms with Crippen molar-refractivity contribution < 1.29 is 5.11 Å². The van der Waals surface area contributed by atoms with Crippen LogP contribution in [0, 0.1) is 6.92 Å². The highest BCUT2D eigenvalue weighted by atomic mass is 35.5. The molecule has 0 bridgehead atoms. The zero-order valence-corrected chi connectivity index (χ0v) is 11.6. The predicted molar refractivity (Wildman–Crippen MR) is 69.8 cm³/mol. The van der Waals surface area contributed by atoms with Crippen molar-refractivity contribution >= 4 is 23.2 Å². The second kappa shape index (κ2) is 10.3. The zero-order chi connectivity index (χ0) is 12.4. The molecule has 1 nitrogen and oxygen atoms in total. The van der Waals surface area contributed by atoms with E-state index in [1.165, 1.54) is 0 Å². The first-order valence-corrected chi connectivity index (χ1v) is 5.96. The molecule has 0 spiro atoms. The van der Waals surface area contributed by atoms with Gasteiger partial charge in [-0.25, -0.2) is 0 Å². The Kier molecular flexibility index (Phi) is 11.8. The summed E-state index contributed by atoms with van der Waals surface area (Å²) in [6.07, 6.45) is 0. The number of hydrogen-bond acceptors (Lipinski definition) is 1. The van der Waals surface area contributed by atoms with Crippen LogP contribution in [0.2, 0.25) is 10.0 Å². The first-order chi connectivity index (χ1) is 7.15. The number of halogens is 2. The minimum absolute atomic E-state index is 0.0398. The summed E-state index contributed by atoms with van der Waals surface area (Å²) in [5.41, 5.74) is 1.67. The molecular weight excluding hydrogens is 231 g/mol. The molecule has 88 valence electrons. The molecule has 0 heterocycles. The molecule has 0 unspecified atom stereocenters. The van der Waals surface area contributed by atoms with E-state index in [4.69, 9.17) is 28.3 Å². The van der Waals surface area contributed by atoms with Crippen LogP contribution in [0.5, 0.6) is 0 Å². The SMILES string of the molecule is CC.CC.Cc1cc(Cl)cc(Cl)c1CO. The highest BCUT2D eigenvalue weighted by Crippen LogP contribution is 2.24. The average Bonchev–Trinajstić information content (AvgIpc) is 2.23. The molecular formula is C12H20Cl2O. The largest absolute Gasteiger partial charge is 0.392 e. The fourth-order valence-electron chi connectivity index (χ4n) is 0.932. The quantitative estimate of drug-likeness (QED) is 0.756. The Morgan fingerprint density at radius 3 is 1.87 bits per heavy atom. The van der Waals surface area contributed by atoms with Crippen molar-refractivity contribution in [2.75, 3.05) is 0 Å². The summed E-state index contributed by atoms with van der Waals surface area (Å²) >= 11 is 11.5. The Hall–Kier alpha value is -0.240. The van der Waals surface area contributed by atoms with Gasteiger partial charge in [0, 0.05) is 10.0 Å². The molecule has 0 saturated carbocycles. The Morgan fingerprint density at radius 2 is 1.53 bits per heavy atom. The van der Waals surface area contributed by atoms with Crippen LogP contribution in [-0.2, 0) is 6.61 Å². The van der Waals surface area contributed by atoms with Crippen LogP contribution < -0.4 is 0 Å². The maximum atomic E-state index is 8.86. The lowest BCUT2D eigenvalue weighted by Gasteiger charge is -2.04. The maximum Gasteiger partial charge on any atom is 0.0699 e. The van der Waals surface area contributed by atoms with Crippen LogP contribution in [0.15, 0.2) is 12.1 Å². The first-order valence-electron chi connectivity index (χ1n) is 5.20. The first kappa shape index (κ1) is 17.2. The van der Waals surface area contributed by atoms with E-state index in [0.29, 0.717) is 10.0 Å². The summed E-state index contributed by atoms with van der Waals surface area (Å²) < 4.78 is 0. The topological polar surface area (TPSA) is 20.2 Å². The van der Waals surface area contributed by atoms with Gasteiger partial charge in [-0.15, -0.1) is 0 Å². The molecule has 0 radical (unpaired) electrons. The summed E-state index contributed by atoms with van der Waals surface area (Å²) in [5, 5.41) is 9.99. The van der Waals surface area contributed by atoms with Gasteiger partial charge in [0.25, 0.3) is 0 Å². The molecule has 3 heteroatoms. The molecule has 0 aliphatic rings. The number of rotatable bonds is 1. The molecule has 15 heavy (non-hydrogen) atoms. The van der Waals surface area contributed by atoms with Gasteiger partial charge in [-0.3, -0.25) is 0 Å². The Bertz CT molecular complexity index is 249. The van der Waals surface area contributed by atoms with Crippen molar-refractivity contribution in [3.05, 3.63) is 33.3 Å².